The van der Waals surface area contributed by atoms with Crippen LogP contribution in [0.3, 0.4) is 0 Å². The molecule has 3 saturated carbocycles. The van der Waals surface area contributed by atoms with E-state index < -0.39 is 28.8 Å². The second-order valence-corrected chi connectivity index (χ2v) is 12.0. The van der Waals surface area contributed by atoms with Crippen molar-refractivity contribution in [1.29, 1.82) is 0 Å². The van der Waals surface area contributed by atoms with Crippen LogP contribution in [-0.2, 0) is 5.54 Å². The van der Waals surface area contributed by atoms with Gasteiger partial charge in [0.2, 0.25) is 0 Å². The second-order valence-electron chi connectivity index (χ2n) is 12.0. The van der Waals surface area contributed by atoms with Crippen LogP contribution in [0.15, 0.2) is 53.5 Å². The summed E-state index contributed by atoms with van der Waals surface area (Å²) in [4.78, 5) is 28.3. The van der Waals surface area contributed by atoms with E-state index in [9.17, 15) is 18.4 Å². The van der Waals surface area contributed by atoms with Gasteiger partial charge in [0.05, 0.1) is 22.4 Å². The molecule has 8 rings (SSSR count). The third-order valence-electron chi connectivity index (χ3n) is 9.37. The maximum atomic E-state index is 14.4. The molecule has 1 amide bonds. The van der Waals surface area contributed by atoms with Gasteiger partial charge in [0, 0.05) is 30.7 Å². The van der Waals surface area contributed by atoms with Crippen LogP contribution in [0.25, 0.3) is 16.6 Å². The number of aromatic nitrogens is 4. The summed E-state index contributed by atoms with van der Waals surface area (Å²) < 4.78 is 31.7. The standard InChI is InChI=1S/C31H32F2N6O2/c1-19-12-16-37(17-19)28-21-18-38(31-13-9-20(10-14-31)11-15-31)35-24(21)5-6-25(28)34-30(41)26-7-8-27(40)39(36-26)29-22(32)3-2-4-23(29)33/h2-8,18-20H,9-17H2,1H3,(H,34,41)/t19-,20?,31?/m0/s1. The Morgan fingerprint density at radius 1 is 0.951 bits per heavy atom. The summed E-state index contributed by atoms with van der Waals surface area (Å²) in [6.45, 7) is 3.93. The van der Waals surface area contributed by atoms with Gasteiger partial charge in [-0.1, -0.05) is 13.0 Å². The number of carbonyl (C=O) groups excluding carboxylic acids is 1. The minimum Gasteiger partial charge on any atom is -0.369 e. The highest BCUT2D eigenvalue weighted by molar-refractivity contribution is 6.08. The molecule has 1 aliphatic heterocycles. The average molecular weight is 559 g/mol. The lowest BCUT2D eigenvalue weighted by atomic mass is 9.66. The number of benzene rings is 2. The Kier molecular flexibility index (Phi) is 6.17. The van der Waals surface area contributed by atoms with Crippen molar-refractivity contribution in [3.8, 4) is 5.69 Å². The number of rotatable bonds is 5. The second kappa shape index (κ2) is 9.78. The van der Waals surface area contributed by atoms with Crippen molar-refractivity contribution in [1.82, 2.24) is 19.6 Å². The number of hydrogen-bond donors (Lipinski definition) is 1. The smallest absolute Gasteiger partial charge is 0.276 e. The summed E-state index contributed by atoms with van der Waals surface area (Å²) in [5.74, 6) is -1.12. The largest absolute Gasteiger partial charge is 0.369 e. The number of halogens is 2. The predicted octanol–water partition coefficient (Wildman–Crippen LogP) is 5.64. The molecule has 2 bridgehead atoms. The number of carbonyl (C=O) groups is 1. The number of nitrogens with zero attached hydrogens (tertiary/aromatic N) is 5. The third-order valence-corrected chi connectivity index (χ3v) is 9.37. The molecule has 4 fully saturated rings. The summed E-state index contributed by atoms with van der Waals surface area (Å²) >= 11 is 0. The molecular weight excluding hydrogens is 526 g/mol. The van der Waals surface area contributed by atoms with Crippen molar-refractivity contribution in [3.05, 3.63) is 76.3 Å². The van der Waals surface area contributed by atoms with Gasteiger partial charge in [-0.25, -0.2) is 8.78 Å². The lowest BCUT2D eigenvalue weighted by Crippen LogP contribution is -2.42. The molecule has 1 atom stereocenters. The highest BCUT2D eigenvalue weighted by Gasteiger charge is 2.42. The van der Waals surface area contributed by atoms with Crippen LogP contribution >= 0.6 is 0 Å². The van der Waals surface area contributed by atoms with E-state index >= 15 is 0 Å². The topological polar surface area (TPSA) is 85.1 Å². The zero-order valence-corrected chi connectivity index (χ0v) is 22.9. The van der Waals surface area contributed by atoms with Crippen molar-refractivity contribution in [3.63, 3.8) is 0 Å². The van der Waals surface area contributed by atoms with Gasteiger partial charge in [0.1, 0.15) is 11.4 Å². The van der Waals surface area contributed by atoms with E-state index in [0.717, 1.165) is 79.5 Å². The van der Waals surface area contributed by atoms with Gasteiger partial charge in [0.15, 0.2) is 11.6 Å². The van der Waals surface area contributed by atoms with Crippen LogP contribution in [0.4, 0.5) is 20.2 Å². The van der Waals surface area contributed by atoms with E-state index in [1.54, 1.807) is 0 Å². The zero-order chi connectivity index (χ0) is 28.3. The van der Waals surface area contributed by atoms with Crippen molar-refractivity contribution < 1.29 is 13.6 Å². The van der Waals surface area contributed by atoms with Gasteiger partial charge in [0.25, 0.3) is 11.5 Å². The third kappa shape index (κ3) is 4.40. The number of para-hydroxylation sites is 1. The first-order chi connectivity index (χ1) is 19.8. The van der Waals surface area contributed by atoms with Crippen LogP contribution in [0.5, 0.6) is 0 Å². The number of hydrogen-bond acceptors (Lipinski definition) is 5. The molecule has 3 heterocycles. The van der Waals surface area contributed by atoms with E-state index in [0.29, 0.717) is 16.3 Å². The van der Waals surface area contributed by atoms with Crippen LogP contribution in [0, 0.1) is 23.5 Å². The first-order valence-electron chi connectivity index (χ1n) is 14.5. The summed E-state index contributed by atoms with van der Waals surface area (Å²) in [5, 5.41) is 13.1. The molecule has 3 aliphatic carbocycles. The van der Waals surface area contributed by atoms with Gasteiger partial charge >= 0.3 is 0 Å². The summed E-state index contributed by atoms with van der Waals surface area (Å²) in [6, 6.07) is 9.42. The first kappa shape index (κ1) is 25.9. The van der Waals surface area contributed by atoms with Crippen molar-refractivity contribution in [2.24, 2.45) is 11.8 Å². The van der Waals surface area contributed by atoms with Crippen LogP contribution in [0.1, 0.15) is 62.4 Å². The minimum atomic E-state index is -0.948. The normalized spacial score (nSPS) is 23.8. The van der Waals surface area contributed by atoms with E-state index in [4.69, 9.17) is 5.10 Å². The van der Waals surface area contributed by atoms with Crippen molar-refractivity contribution >= 4 is 28.2 Å². The van der Waals surface area contributed by atoms with Gasteiger partial charge in [-0.2, -0.15) is 14.9 Å². The summed E-state index contributed by atoms with van der Waals surface area (Å²) in [6.07, 6.45) is 10.4. The van der Waals surface area contributed by atoms with Crippen molar-refractivity contribution in [2.75, 3.05) is 23.3 Å². The molecule has 0 radical (unpaired) electrons. The molecule has 10 heteroatoms. The zero-order valence-electron chi connectivity index (χ0n) is 22.9. The highest BCUT2D eigenvalue weighted by atomic mass is 19.1. The van der Waals surface area contributed by atoms with Gasteiger partial charge in [-0.15, -0.1) is 0 Å². The van der Waals surface area contributed by atoms with Crippen LogP contribution in [0.2, 0.25) is 0 Å². The molecule has 1 saturated heterocycles. The lowest BCUT2D eigenvalue weighted by molar-refractivity contribution is 0.0637. The van der Waals surface area contributed by atoms with E-state index in [-0.39, 0.29) is 11.2 Å². The molecule has 2 aromatic carbocycles. The predicted molar refractivity (Wildman–Crippen MR) is 153 cm³/mol. The van der Waals surface area contributed by atoms with Gasteiger partial charge < -0.3 is 10.2 Å². The fourth-order valence-corrected chi connectivity index (χ4v) is 7.04. The van der Waals surface area contributed by atoms with Crippen LogP contribution < -0.4 is 15.8 Å². The average Bonchev–Trinajstić information content (AvgIpc) is 3.61. The Morgan fingerprint density at radius 3 is 2.37 bits per heavy atom. The maximum absolute atomic E-state index is 14.4. The van der Waals surface area contributed by atoms with E-state index in [1.165, 1.54) is 31.4 Å². The number of fused-ring (bicyclic) bond motifs is 4. The quantitative estimate of drug-likeness (QED) is 0.343. The molecule has 8 nitrogen and oxygen atoms in total. The molecule has 0 spiro atoms. The lowest BCUT2D eigenvalue weighted by Gasteiger charge is -2.46. The fourth-order valence-electron chi connectivity index (χ4n) is 7.04. The number of anilines is 2. The molecular formula is C31H32F2N6O2. The molecule has 4 aromatic rings. The SMILES string of the molecule is C[C@H]1CCN(c2c(NC(=O)c3ccc(=O)n(-c4c(F)cccc4F)n3)ccc3nn(C45CCC(CC4)CC5)cc23)C1. The summed E-state index contributed by atoms with van der Waals surface area (Å²) in [7, 11) is 0. The van der Waals surface area contributed by atoms with Crippen LogP contribution in [-0.4, -0.2) is 38.6 Å². The molecule has 41 heavy (non-hydrogen) atoms. The van der Waals surface area contributed by atoms with E-state index in [2.05, 4.69) is 33.1 Å². The summed E-state index contributed by atoms with van der Waals surface area (Å²) in [5.41, 5.74) is 0.972. The molecule has 0 unspecified atom stereocenters. The fraction of sp³-hybridized carbons (Fsp3) is 0.419. The molecule has 2 aromatic heterocycles. The Labute approximate surface area is 236 Å². The Balaban J connectivity index is 1.27. The van der Waals surface area contributed by atoms with E-state index in [1.807, 2.05) is 12.1 Å². The number of nitrogens with one attached hydrogen (secondary N) is 1. The minimum absolute atomic E-state index is 0.0619. The van der Waals surface area contributed by atoms with Gasteiger partial charge in [-0.05, 0) is 87.1 Å². The monoisotopic (exact) mass is 558 g/mol. The Bertz CT molecular complexity index is 1690. The molecule has 212 valence electrons. The van der Waals surface area contributed by atoms with Crippen molar-refractivity contribution in [2.45, 2.75) is 57.4 Å². The molecule has 4 aliphatic rings. The van der Waals surface area contributed by atoms with Gasteiger partial charge in [-0.3, -0.25) is 14.3 Å². The Hall–Kier alpha value is -4.08. The first-order valence-corrected chi connectivity index (χ1v) is 14.5. The Morgan fingerprint density at radius 2 is 1.68 bits per heavy atom. The number of amides is 1. The maximum Gasteiger partial charge on any atom is 0.276 e. The molecule has 1 N–H and O–H groups in total. The highest BCUT2D eigenvalue weighted by Crippen LogP contribution is 2.49.